The molecule has 28 heavy (non-hydrogen) atoms. The smallest absolute Gasteiger partial charge is 0.254 e. The maximum atomic E-state index is 13.2. The van der Waals surface area contributed by atoms with E-state index >= 15 is 0 Å². The highest BCUT2D eigenvalue weighted by atomic mass is 19.1. The minimum absolute atomic E-state index is 0.174. The maximum absolute atomic E-state index is 13.2. The molecule has 4 rings (SSSR count). The fraction of sp³-hybridized carbons (Fsp3) is 0.182. The van der Waals surface area contributed by atoms with Gasteiger partial charge in [-0.15, -0.1) is 0 Å². The molecule has 1 aromatic heterocycles. The number of carbonyl (C=O) groups is 1. The van der Waals surface area contributed by atoms with Crippen molar-refractivity contribution in [2.45, 2.75) is 19.1 Å². The standard InChI is InChI=1S/C22H19FN2O3/c23-17-5-3-6-18(12-17)28-20-9-8-15(13-24-20)14-25-22(26)21-19-7-2-1-4-16(19)10-11-27-21/h1-9,12-13,21H,10-11,14H2,(H,25,26)/t21-/m1/s1. The normalized spacial score (nSPS) is 15.5. The van der Waals surface area contributed by atoms with E-state index in [0.717, 1.165) is 23.1 Å². The van der Waals surface area contributed by atoms with Crippen molar-refractivity contribution in [1.29, 1.82) is 0 Å². The Kier molecular flexibility index (Phi) is 5.30. The van der Waals surface area contributed by atoms with Crippen LogP contribution in [0.4, 0.5) is 4.39 Å². The number of nitrogens with zero attached hydrogens (tertiary/aromatic N) is 1. The molecule has 0 unspecified atom stereocenters. The van der Waals surface area contributed by atoms with Gasteiger partial charge in [-0.05, 0) is 35.2 Å². The lowest BCUT2D eigenvalue weighted by Crippen LogP contribution is -2.33. The van der Waals surface area contributed by atoms with Gasteiger partial charge < -0.3 is 14.8 Å². The topological polar surface area (TPSA) is 60.5 Å². The van der Waals surface area contributed by atoms with E-state index < -0.39 is 6.10 Å². The number of aromatic nitrogens is 1. The number of fused-ring (bicyclic) bond motifs is 1. The number of hydrogen-bond donors (Lipinski definition) is 1. The quantitative estimate of drug-likeness (QED) is 0.731. The molecule has 1 N–H and O–H groups in total. The number of benzene rings is 2. The predicted molar refractivity (Wildman–Crippen MR) is 101 cm³/mol. The summed E-state index contributed by atoms with van der Waals surface area (Å²) in [6.07, 6.45) is 1.84. The molecule has 1 amide bonds. The fourth-order valence-electron chi connectivity index (χ4n) is 3.12. The van der Waals surface area contributed by atoms with Crippen LogP contribution in [-0.2, 0) is 22.5 Å². The number of halogens is 1. The summed E-state index contributed by atoms with van der Waals surface area (Å²) in [7, 11) is 0. The monoisotopic (exact) mass is 378 g/mol. The fourth-order valence-corrected chi connectivity index (χ4v) is 3.12. The van der Waals surface area contributed by atoms with Crippen LogP contribution in [0.15, 0.2) is 66.9 Å². The first-order valence-electron chi connectivity index (χ1n) is 9.04. The van der Waals surface area contributed by atoms with Gasteiger partial charge in [0.05, 0.1) is 6.61 Å². The van der Waals surface area contributed by atoms with Gasteiger partial charge in [-0.3, -0.25) is 4.79 Å². The summed E-state index contributed by atoms with van der Waals surface area (Å²) in [5.74, 6) is 0.183. The summed E-state index contributed by atoms with van der Waals surface area (Å²) in [5.41, 5.74) is 2.89. The van der Waals surface area contributed by atoms with Crippen molar-refractivity contribution in [3.8, 4) is 11.6 Å². The van der Waals surface area contributed by atoms with Crippen molar-refractivity contribution in [2.24, 2.45) is 0 Å². The molecule has 0 spiro atoms. The molecular formula is C22H19FN2O3. The molecule has 2 heterocycles. The molecule has 0 saturated heterocycles. The van der Waals surface area contributed by atoms with E-state index in [-0.39, 0.29) is 11.7 Å². The number of carbonyl (C=O) groups excluding carboxylic acids is 1. The van der Waals surface area contributed by atoms with Crippen molar-refractivity contribution in [1.82, 2.24) is 10.3 Å². The predicted octanol–water partition coefficient (Wildman–Crippen LogP) is 3.94. The Morgan fingerprint density at radius 3 is 2.89 bits per heavy atom. The van der Waals surface area contributed by atoms with Gasteiger partial charge in [-0.2, -0.15) is 0 Å². The van der Waals surface area contributed by atoms with Gasteiger partial charge >= 0.3 is 0 Å². The molecule has 3 aromatic rings. The third kappa shape index (κ3) is 4.18. The Morgan fingerprint density at radius 2 is 2.07 bits per heavy atom. The summed E-state index contributed by atoms with van der Waals surface area (Å²) < 4.78 is 24.4. The summed E-state index contributed by atoms with van der Waals surface area (Å²) in [5, 5.41) is 2.89. The minimum Gasteiger partial charge on any atom is -0.439 e. The third-order valence-corrected chi connectivity index (χ3v) is 4.51. The lowest BCUT2D eigenvalue weighted by Gasteiger charge is -2.25. The highest BCUT2D eigenvalue weighted by Gasteiger charge is 2.26. The molecule has 1 aliphatic rings. The van der Waals surface area contributed by atoms with E-state index in [1.165, 1.54) is 12.1 Å². The number of nitrogens with one attached hydrogen (secondary N) is 1. The van der Waals surface area contributed by atoms with E-state index in [1.807, 2.05) is 24.3 Å². The molecule has 6 heteroatoms. The van der Waals surface area contributed by atoms with Gasteiger partial charge in [-0.25, -0.2) is 9.37 Å². The molecule has 0 fully saturated rings. The molecule has 0 radical (unpaired) electrons. The highest BCUT2D eigenvalue weighted by molar-refractivity contribution is 5.82. The van der Waals surface area contributed by atoms with Crippen LogP contribution >= 0.6 is 0 Å². The Morgan fingerprint density at radius 1 is 1.18 bits per heavy atom. The van der Waals surface area contributed by atoms with Crippen LogP contribution in [0, 0.1) is 5.82 Å². The second kappa shape index (κ2) is 8.19. The highest BCUT2D eigenvalue weighted by Crippen LogP contribution is 2.27. The van der Waals surface area contributed by atoms with Gasteiger partial charge in [-0.1, -0.05) is 36.4 Å². The SMILES string of the molecule is O=C(NCc1ccc(Oc2cccc(F)c2)nc1)[C@@H]1OCCc2ccccc21. The summed E-state index contributed by atoms with van der Waals surface area (Å²) >= 11 is 0. The number of rotatable bonds is 5. The molecular weight excluding hydrogens is 359 g/mol. The van der Waals surface area contributed by atoms with E-state index in [0.29, 0.717) is 24.8 Å². The van der Waals surface area contributed by atoms with Crippen LogP contribution in [-0.4, -0.2) is 17.5 Å². The summed E-state index contributed by atoms with van der Waals surface area (Å²) in [6.45, 7) is 0.858. The van der Waals surface area contributed by atoms with Gasteiger partial charge in [0.25, 0.3) is 5.91 Å². The van der Waals surface area contributed by atoms with Gasteiger partial charge in [0.15, 0.2) is 6.10 Å². The first-order valence-corrected chi connectivity index (χ1v) is 9.04. The van der Waals surface area contributed by atoms with Gasteiger partial charge in [0, 0.05) is 24.9 Å². The van der Waals surface area contributed by atoms with E-state index in [4.69, 9.17) is 9.47 Å². The zero-order chi connectivity index (χ0) is 19.3. The van der Waals surface area contributed by atoms with Crippen molar-refractivity contribution < 1.29 is 18.7 Å². The lowest BCUT2D eigenvalue weighted by atomic mass is 9.97. The van der Waals surface area contributed by atoms with Crippen LogP contribution in [0.3, 0.4) is 0 Å². The zero-order valence-corrected chi connectivity index (χ0v) is 15.1. The molecule has 5 nitrogen and oxygen atoms in total. The first-order chi connectivity index (χ1) is 13.7. The van der Waals surface area contributed by atoms with Crippen molar-refractivity contribution >= 4 is 5.91 Å². The Labute approximate surface area is 162 Å². The van der Waals surface area contributed by atoms with Crippen LogP contribution in [0.5, 0.6) is 11.6 Å². The molecule has 142 valence electrons. The number of hydrogen-bond acceptors (Lipinski definition) is 4. The Bertz CT molecular complexity index is 976. The zero-order valence-electron chi connectivity index (χ0n) is 15.1. The number of pyridine rings is 1. The van der Waals surface area contributed by atoms with E-state index in [2.05, 4.69) is 10.3 Å². The van der Waals surface area contributed by atoms with Crippen LogP contribution in [0.25, 0.3) is 0 Å². The van der Waals surface area contributed by atoms with Crippen molar-refractivity contribution in [3.63, 3.8) is 0 Å². The second-order valence-corrected chi connectivity index (χ2v) is 6.48. The third-order valence-electron chi connectivity index (χ3n) is 4.51. The minimum atomic E-state index is -0.589. The van der Waals surface area contributed by atoms with Gasteiger partial charge in [0.2, 0.25) is 5.88 Å². The number of amides is 1. The van der Waals surface area contributed by atoms with Crippen molar-refractivity contribution in [3.05, 3.63) is 89.4 Å². The Hall–Kier alpha value is -3.25. The second-order valence-electron chi connectivity index (χ2n) is 6.48. The molecule has 2 aromatic carbocycles. The van der Waals surface area contributed by atoms with Crippen molar-refractivity contribution in [2.75, 3.05) is 6.61 Å². The van der Waals surface area contributed by atoms with Crippen LogP contribution in [0.2, 0.25) is 0 Å². The number of ether oxygens (including phenoxy) is 2. The first kappa shape index (κ1) is 18.1. The molecule has 1 atom stereocenters. The average molecular weight is 378 g/mol. The van der Waals surface area contributed by atoms with Crippen LogP contribution < -0.4 is 10.1 Å². The molecule has 1 aliphatic heterocycles. The molecule has 0 saturated carbocycles. The largest absolute Gasteiger partial charge is 0.439 e. The van der Waals surface area contributed by atoms with Gasteiger partial charge in [0.1, 0.15) is 11.6 Å². The molecule has 0 bridgehead atoms. The lowest BCUT2D eigenvalue weighted by molar-refractivity contribution is -0.134. The van der Waals surface area contributed by atoms with Crippen LogP contribution in [0.1, 0.15) is 22.8 Å². The average Bonchev–Trinajstić information content (AvgIpc) is 2.73. The Balaban J connectivity index is 1.36. The van der Waals surface area contributed by atoms with E-state index in [1.54, 1.807) is 30.5 Å². The summed E-state index contributed by atoms with van der Waals surface area (Å²) in [4.78, 5) is 16.8. The molecule has 0 aliphatic carbocycles. The van der Waals surface area contributed by atoms with E-state index in [9.17, 15) is 9.18 Å². The maximum Gasteiger partial charge on any atom is 0.254 e. The summed E-state index contributed by atoms with van der Waals surface area (Å²) in [6, 6.07) is 17.2.